The van der Waals surface area contributed by atoms with Gasteiger partial charge in [0.15, 0.2) is 11.7 Å². The summed E-state index contributed by atoms with van der Waals surface area (Å²) in [5.74, 6) is 1.81. The van der Waals surface area contributed by atoms with Gasteiger partial charge in [-0.05, 0) is 18.1 Å². The SMILES string of the molecule is CC(C)CNC(=NCc1nc(C(F)(F)F)cs1)NCCc1ccco1. The third-order valence-corrected chi connectivity index (χ3v) is 3.97. The Morgan fingerprint density at radius 2 is 2.16 bits per heavy atom. The summed E-state index contributed by atoms with van der Waals surface area (Å²) in [5.41, 5.74) is -0.870. The van der Waals surface area contributed by atoms with Crippen LogP contribution in [-0.2, 0) is 19.1 Å². The minimum Gasteiger partial charge on any atom is -0.469 e. The smallest absolute Gasteiger partial charge is 0.434 e. The number of guanidine groups is 1. The Balaban J connectivity index is 1.93. The fourth-order valence-corrected chi connectivity index (χ4v) is 2.62. The van der Waals surface area contributed by atoms with Crippen molar-refractivity contribution < 1.29 is 17.6 Å². The van der Waals surface area contributed by atoms with Crippen LogP contribution in [0.5, 0.6) is 0 Å². The molecule has 0 radical (unpaired) electrons. The Hall–Kier alpha value is -2.03. The lowest BCUT2D eigenvalue weighted by molar-refractivity contribution is -0.140. The molecule has 0 bridgehead atoms. The van der Waals surface area contributed by atoms with Crippen molar-refractivity contribution in [1.82, 2.24) is 15.6 Å². The highest BCUT2D eigenvalue weighted by Crippen LogP contribution is 2.30. The van der Waals surface area contributed by atoms with E-state index >= 15 is 0 Å². The maximum absolute atomic E-state index is 12.6. The van der Waals surface area contributed by atoms with E-state index in [4.69, 9.17) is 4.42 Å². The highest BCUT2D eigenvalue weighted by Gasteiger charge is 2.33. The van der Waals surface area contributed by atoms with Crippen molar-refractivity contribution in [3.63, 3.8) is 0 Å². The topological polar surface area (TPSA) is 62.5 Å². The van der Waals surface area contributed by atoms with Gasteiger partial charge < -0.3 is 15.1 Å². The zero-order valence-electron chi connectivity index (χ0n) is 14.1. The van der Waals surface area contributed by atoms with Gasteiger partial charge in [-0.25, -0.2) is 9.98 Å². The molecular formula is C16H21F3N4OS. The van der Waals surface area contributed by atoms with Crippen LogP contribution in [-0.4, -0.2) is 24.0 Å². The molecule has 0 saturated heterocycles. The molecule has 2 N–H and O–H groups in total. The van der Waals surface area contributed by atoms with E-state index in [9.17, 15) is 13.2 Å². The Labute approximate surface area is 148 Å². The summed E-state index contributed by atoms with van der Waals surface area (Å²) < 4.78 is 43.0. The van der Waals surface area contributed by atoms with Crippen LogP contribution in [0.4, 0.5) is 13.2 Å². The van der Waals surface area contributed by atoms with E-state index in [0.29, 0.717) is 36.4 Å². The van der Waals surface area contributed by atoms with Crippen LogP contribution < -0.4 is 10.6 Å². The lowest BCUT2D eigenvalue weighted by Gasteiger charge is -2.13. The Morgan fingerprint density at radius 1 is 1.36 bits per heavy atom. The van der Waals surface area contributed by atoms with Crippen molar-refractivity contribution >= 4 is 17.3 Å². The number of hydrogen-bond donors (Lipinski definition) is 2. The summed E-state index contributed by atoms with van der Waals surface area (Å²) in [6.45, 7) is 5.52. The van der Waals surface area contributed by atoms with Gasteiger partial charge in [0.25, 0.3) is 0 Å². The summed E-state index contributed by atoms with van der Waals surface area (Å²) >= 11 is 0.956. The number of aliphatic imine (C=N–C) groups is 1. The summed E-state index contributed by atoms with van der Waals surface area (Å²) in [4.78, 5) is 7.91. The molecule has 0 spiro atoms. The predicted molar refractivity (Wildman–Crippen MR) is 91.5 cm³/mol. The van der Waals surface area contributed by atoms with Gasteiger partial charge in [-0.1, -0.05) is 13.8 Å². The van der Waals surface area contributed by atoms with Crippen LogP contribution in [0.1, 0.15) is 30.3 Å². The van der Waals surface area contributed by atoms with E-state index in [1.54, 1.807) is 6.26 Å². The number of nitrogens with one attached hydrogen (secondary N) is 2. The third-order valence-electron chi connectivity index (χ3n) is 3.14. The monoisotopic (exact) mass is 374 g/mol. The number of halogens is 3. The largest absolute Gasteiger partial charge is 0.469 e. The Morgan fingerprint density at radius 3 is 2.76 bits per heavy atom. The molecule has 2 aromatic heterocycles. The maximum Gasteiger partial charge on any atom is 0.434 e. The Kier molecular flexibility index (Phi) is 6.86. The molecule has 9 heteroatoms. The van der Waals surface area contributed by atoms with E-state index in [2.05, 4.69) is 34.5 Å². The second-order valence-corrected chi connectivity index (χ2v) is 6.76. The van der Waals surface area contributed by atoms with Crippen molar-refractivity contribution in [2.24, 2.45) is 10.9 Å². The van der Waals surface area contributed by atoms with E-state index in [1.165, 1.54) is 0 Å². The molecule has 0 aliphatic rings. The van der Waals surface area contributed by atoms with Crippen LogP contribution in [0.25, 0.3) is 0 Å². The first kappa shape index (κ1) is 19.3. The normalized spacial score (nSPS) is 12.6. The quantitative estimate of drug-likeness (QED) is 0.573. The fourth-order valence-electron chi connectivity index (χ4n) is 1.89. The van der Waals surface area contributed by atoms with Gasteiger partial charge in [0.1, 0.15) is 10.8 Å². The first-order valence-electron chi connectivity index (χ1n) is 7.90. The lowest BCUT2D eigenvalue weighted by atomic mass is 10.2. The average molecular weight is 374 g/mol. The summed E-state index contributed by atoms with van der Waals surface area (Å²) in [6.07, 6.45) is -2.12. The summed E-state index contributed by atoms with van der Waals surface area (Å²) in [6, 6.07) is 3.70. The molecule has 0 aliphatic carbocycles. The third kappa shape index (κ3) is 6.77. The number of thiazole rings is 1. The van der Waals surface area contributed by atoms with Crippen molar-refractivity contribution in [3.05, 3.63) is 40.2 Å². The van der Waals surface area contributed by atoms with E-state index < -0.39 is 11.9 Å². The lowest BCUT2D eigenvalue weighted by Crippen LogP contribution is -2.40. The first-order chi connectivity index (χ1) is 11.8. The fraction of sp³-hybridized carbons (Fsp3) is 0.500. The number of aromatic nitrogens is 1. The zero-order chi connectivity index (χ0) is 18.3. The molecule has 2 rings (SSSR count). The standard InChI is InChI=1S/C16H21F3N4OS/c1-11(2)8-21-15(20-6-5-12-4-3-7-24-12)22-9-14-23-13(10-25-14)16(17,18)19/h3-4,7,10-11H,5-6,8-9H2,1-2H3,(H2,20,21,22). The van der Waals surface area contributed by atoms with Gasteiger partial charge >= 0.3 is 6.18 Å². The minimum absolute atomic E-state index is 0.0922. The highest BCUT2D eigenvalue weighted by atomic mass is 32.1. The molecule has 0 amide bonds. The van der Waals surface area contributed by atoms with Crippen molar-refractivity contribution in [2.45, 2.75) is 33.0 Å². The maximum atomic E-state index is 12.6. The molecule has 25 heavy (non-hydrogen) atoms. The molecule has 2 heterocycles. The van der Waals surface area contributed by atoms with Crippen molar-refractivity contribution in [1.29, 1.82) is 0 Å². The number of hydrogen-bond acceptors (Lipinski definition) is 4. The van der Waals surface area contributed by atoms with E-state index in [1.807, 2.05) is 12.1 Å². The van der Waals surface area contributed by atoms with Crippen LogP contribution in [0.3, 0.4) is 0 Å². The van der Waals surface area contributed by atoms with Crippen LogP contribution in [0, 0.1) is 5.92 Å². The minimum atomic E-state index is -4.42. The average Bonchev–Trinajstić information content (AvgIpc) is 3.20. The van der Waals surface area contributed by atoms with Gasteiger partial charge in [0.2, 0.25) is 0 Å². The number of alkyl halides is 3. The molecule has 0 aromatic carbocycles. The predicted octanol–water partition coefficient (Wildman–Crippen LogP) is 3.69. The molecule has 2 aromatic rings. The van der Waals surface area contributed by atoms with E-state index in [0.717, 1.165) is 22.5 Å². The summed E-state index contributed by atoms with van der Waals surface area (Å²) in [7, 11) is 0. The van der Waals surface area contributed by atoms with Gasteiger partial charge in [0.05, 0.1) is 12.8 Å². The second kappa shape index (κ2) is 8.89. The molecular weight excluding hydrogens is 353 g/mol. The van der Waals surface area contributed by atoms with E-state index in [-0.39, 0.29) is 6.54 Å². The van der Waals surface area contributed by atoms with Crippen LogP contribution >= 0.6 is 11.3 Å². The van der Waals surface area contributed by atoms with Crippen molar-refractivity contribution in [2.75, 3.05) is 13.1 Å². The van der Waals surface area contributed by atoms with Gasteiger partial charge in [-0.3, -0.25) is 0 Å². The number of furan rings is 1. The Bertz CT molecular complexity index is 665. The van der Waals surface area contributed by atoms with Crippen molar-refractivity contribution in [3.8, 4) is 0 Å². The van der Waals surface area contributed by atoms with Crippen LogP contribution in [0.2, 0.25) is 0 Å². The van der Waals surface area contributed by atoms with Crippen LogP contribution in [0.15, 0.2) is 33.2 Å². The second-order valence-electron chi connectivity index (χ2n) is 5.82. The summed E-state index contributed by atoms with van der Waals surface area (Å²) in [5, 5.41) is 7.66. The zero-order valence-corrected chi connectivity index (χ0v) is 14.9. The highest BCUT2D eigenvalue weighted by molar-refractivity contribution is 7.09. The first-order valence-corrected chi connectivity index (χ1v) is 8.78. The van der Waals surface area contributed by atoms with Gasteiger partial charge in [-0.15, -0.1) is 11.3 Å². The molecule has 0 unspecified atom stereocenters. The molecule has 0 aliphatic heterocycles. The van der Waals surface area contributed by atoms with Gasteiger partial charge in [-0.2, -0.15) is 13.2 Å². The van der Waals surface area contributed by atoms with Gasteiger partial charge in [0, 0.05) is 24.9 Å². The number of rotatable bonds is 7. The molecule has 0 atom stereocenters. The molecule has 138 valence electrons. The molecule has 0 saturated carbocycles. The molecule has 0 fully saturated rings. The number of nitrogens with zero attached hydrogens (tertiary/aromatic N) is 2. The molecule has 5 nitrogen and oxygen atoms in total.